The lowest BCUT2D eigenvalue weighted by molar-refractivity contribution is 0.0613. The smallest absolute Gasteiger partial charge is 0.196 e. The van der Waals surface area contributed by atoms with E-state index in [2.05, 4.69) is 9.88 Å². The number of aromatic nitrogens is 1. The van der Waals surface area contributed by atoms with Gasteiger partial charge in [0.1, 0.15) is 0 Å². The predicted molar refractivity (Wildman–Crippen MR) is 90.6 cm³/mol. The second kappa shape index (κ2) is 10.4. The highest BCUT2D eigenvalue weighted by Crippen LogP contribution is 2.09. The molecule has 0 bridgehead atoms. The van der Waals surface area contributed by atoms with Crippen LogP contribution in [0.25, 0.3) is 0 Å². The Balaban J connectivity index is 0.00000220. The molecule has 1 aliphatic rings. The number of hydrogen-bond acceptors (Lipinski definition) is 6. The van der Waals surface area contributed by atoms with E-state index in [0.717, 1.165) is 13.0 Å². The lowest BCUT2D eigenvalue weighted by Gasteiger charge is -2.22. The summed E-state index contributed by atoms with van der Waals surface area (Å²) in [7, 11) is -3.32. The summed E-state index contributed by atoms with van der Waals surface area (Å²) in [6.07, 6.45) is 2.40. The van der Waals surface area contributed by atoms with E-state index in [-0.39, 0.29) is 41.7 Å². The Morgan fingerprint density at radius 3 is 2.77 bits per heavy atom. The number of ether oxygens (including phenoxy) is 1. The van der Waals surface area contributed by atoms with Crippen LogP contribution < -0.4 is 5.73 Å². The first-order valence-corrected chi connectivity index (χ1v) is 8.45. The summed E-state index contributed by atoms with van der Waals surface area (Å²) >= 11 is 0. The third-order valence-electron chi connectivity index (χ3n) is 3.33. The maximum Gasteiger partial charge on any atom is 0.196 e. The molecule has 0 amide bonds. The topological polar surface area (TPSA) is 85.5 Å². The van der Waals surface area contributed by atoms with Gasteiger partial charge < -0.3 is 10.5 Å². The minimum Gasteiger partial charge on any atom is -0.376 e. The van der Waals surface area contributed by atoms with Crippen LogP contribution in [0.2, 0.25) is 0 Å². The first-order valence-electron chi connectivity index (χ1n) is 6.79. The van der Waals surface area contributed by atoms with Crippen molar-refractivity contribution in [2.24, 2.45) is 5.73 Å². The summed E-state index contributed by atoms with van der Waals surface area (Å²) in [6, 6.07) is 4.92. The molecule has 0 saturated carbocycles. The SMILES string of the molecule is Cl.Cl.NCC1CN(CCS(=O)(=O)c2ccccn2)CCCO1. The molecule has 0 aliphatic carbocycles. The standard InChI is InChI=1S/C13H21N3O3S.2ClH/c14-10-12-11-16(6-3-8-19-12)7-9-20(17,18)13-4-1-2-5-15-13;;/h1-2,4-5,12H,3,6-11,14H2;2*1H. The van der Waals surface area contributed by atoms with Crippen LogP contribution in [0.1, 0.15) is 6.42 Å². The van der Waals surface area contributed by atoms with Crippen molar-refractivity contribution in [3.8, 4) is 0 Å². The van der Waals surface area contributed by atoms with Gasteiger partial charge in [0.15, 0.2) is 14.9 Å². The molecule has 6 nitrogen and oxygen atoms in total. The van der Waals surface area contributed by atoms with Crippen LogP contribution >= 0.6 is 24.8 Å². The molecule has 1 aliphatic heterocycles. The number of sulfone groups is 1. The summed E-state index contributed by atoms with van der Waals surface area (Å²) < 4.78 is 29.9. The Morgan fingerprint density at radius 1 is 1.36 bits per heavy atom. The molecule has 128 valence electrons. The minimum atomic E-state index is -3.32. The number of hydrogen-bond donors (Lipinski definition) is 1. The maximum atomic E-state index is 12.2. The molecule has 1 saturated heterocycles. The van der Waals surface area contributed by atoms with Gasteiger partial charge in [-0.3, -0.25) is 4.90 Å². The van der Waals surface area contributed by atoms with E-state index in [4.69, 9.17) is 10.5 Å². The van der Waals surface area contributed by atoms with Gasteiger partial charge in [0.05, 0.1) is 11.9 Å². The van der Waals surface area contributed by atoms with Crippen LogP contribution in [-0.2, 0) is 14.6 Å². The van der Waals surface area contributed by atoms with Gasteiger partial charge in [-0.15, -0.1) is 24.8 Å². The Bertz CT molecular complexity index is 517. The summed E-state index contributed by atoms with van der Waals surface area (Å²) in [5.41, 5.74) is 5.63. The van der Waals surface area contributed by atoms with Crippen LogP contribution in [0.3, 0.4) is 0 Å². The van der Waals surface area contributed by atoms with E-state index in [9.17, 15) is 8.42 Å². The van der Waals surface area contributed by atoms with Crippen molar-refractivity contribution < 1.29 is 13.2 Å². The molecule has 1 aromatic rings. The van der Waals surface area contributed by atoms with Crippen LogP contribution in [0.15, 0.2) is 29.4 Å². The number of halogens is 2. The van der Waals surface area contributed by atoms with Crippen molar-refractivity contribution in [1.29, 1.82) is 0 Å². The van der Waals surface area contributed by atoms with E-state index in [0.29, 0.717) is 26.2 Å². The Morgan fingerprint density at radius 2 is 2.14 bits per heavy atom. The van der Waals surface area contributed by atoms with Gasteiger partial charge in [-0.1, -0.05) is 6.07 Å². The number of pyridine rings is 1. The summed E-state index contributed by atoms with van der Waals surface area (Å²) in [5.74, 6) is 0.0707. The normalized spacial score (nSPS) is 19.6. The van der Waals surface area contributed by atoms with E-state index < -0.39 is 9.84 Å². The molecule has 0 aromatic carbocycles. The zero-order chi connectivity index (χ0) is 14.4. The molecule has 2 heterocycles. The molecule has 1 unspecified atom stereocenters. The highest BCUT2D eigenvalue weighted by atomic mass is 35.5. The van der Waals surface area contributed by atoms with Crippen LogP contribution in [-0.4, -0.2) is 62.9 Å². The molecular formula is C13H23Cl2N3O3S. The van der Waals surface area contributed by atoms with E-state index in [1.807, 2.05) is 0 Å². The third kappa shape index (κ3) is 6.36. The molecule has 9 heteroatoms. The highest BCUT2D eigenvalue weighted by Gasteiger charge is 2.21. The molecule has 22 heavy (non-hydrogen) atoms. The van der Waals surface area contributed by atoms with Crippen molar-refractivity contribution in [3.05, 3.63) is 24.4 Å². The Hall–Kier alpha value is -0.440. The molecule has 2 N–H and O–H groups in total. The van der Waals surface area contributed by atoms with Crippen LogP contribution in [0, 0.1) is 0 Å². The van der Waals surface area contributed by atoms with Gasteiger partial charge >= 0.3 is 0 Å². The molecule has 1 aromatic heterocycles. The molecule has 0 spiro atoms. The molecule has 0 radical (unpaired) electrons. The zero-order valence-electron chi connectivity index (χ0n) is 12.3. The van der Waals surface area contributed by atoms with E-state index in [1.165, 1.54) is 12.3 Å². The van der Waals surface area contributed by atoms with Crippen molar-refractivity contribution in [2.75, 3.05) is 38.5 Å². The Kier molecular flexibility index (Phi) is 10.1. The quantitative estimate of drug-likeness (QED) is 0.821. The maximum absolute atomic E-state index is 12.2. The molecule has 1 atom stereocenters. The lowest BCUT2D eigenvalue weighted by Crippen LogP contribution is -2.38. The fraction of sp³-hybridized carbons (Fsp3) is 0.615. The van der Waals surface area contributed by atoms with Gasteiger partial charge in [-0.05, 0) is 18.6 Å². The average molecular weight is 372 g/mol. The van der Waals surface area contributed by atoms with Gasteiger partial charge in [0, 0.05) is 39.0 Å². The number of nitrogens with zero attached hydrogens (tertiary/aromatic N) is 2. The van der Waals surface area contributed by atoms with Crippen molar-refractivity contribution in [1.82, 2.24) is 9.88 Å². The first kappa shape index (κ1) is 21.6. The van der Waals surface area contributed by atoms with Crippen molar-refractivity contribution >= 4 is 34.7 Å². The minimum absolute atomic E-state index is 0. The predicted octanol–water partition coefficient (Wildman–Crippen LogP) is 0.748. The third-order valence-corrected chi connectivity index (χ3v) is 4.93. The summed E-state index contributed by atoms with van der Waals surface area (Å²) in [6.45, 7) is 3.16. The fourth-order valence-electron chi connectivity index (χ4n) is 2.20. The van der Waals surface area contributed by atoms with Crippen LogP contribution in [0.5, 0.6) is 0 Å². The lowest BCUT2D eigenvalue weighted by atomic mass is 10.3. The summed E-state index contributed by atoms with van der Waals surface area (Å²) in [5, 5.41) is 0.140. The number of nitrogens with two attached hydrogens (primary N) is 1. The second-order valence-corrected chi connectivity index (χ2v) is 6.93. The number of rotatable bonds is 5. The van der Waals surface area contributed by atoms with Crippen molar-refractivity contribution in [3.63, 3.8) is 0 Å². The molecule has 2 rings (SSSR count). The van der Waals surface area contributed by atoms with E-state index in [1.54, 1.807) is 12.1 Å². The van der Waals surface area contributed by atoms with Gasteiger partial charge in [0.2, 0.25) is 0 Å². The van der Waals surface area contributed by atoms with Gasteiger partial charge in [-0.25, -0.2) is 13.4 Å². The molecular weight excluding hydrogens is 349 g/mol. The second-order valence-electron chi connectivity index (χ2n) is 4.87. The fourth-order valence-corrected chi connectivity index (χ4v) is 3.42. The van der Waals surface area contributed by atoms with Gasteiger partial charge in [0.25, 0.3) is 0 Å². The monoisotopic (exact) mass is 371 g/mol. The molecule has 1 fully saturated rings. The van der Waals surface area contributed by atoms with Gasteiger partial charge in [-0.2, -0.15) is 0 Å². The highest BCUT2D eigenvalue weighted by molar-refractivity contribution is 7.91. The average Bonchev–Trinajstić information content (AvgIpc) is 2.71. The first-order chi connectivity index (χ1) is 9.62. The summed E-state index contributed by atoms with van der Waals surface area (Å²) in [4.78, 5) is 6.01. The van der Waals surface area contributed by atoms with Crippen LogP contribution in [0.4, 0.5) is 0 Å². The Labute approximate surface area is 144 Å². The van der Waals surface area contributed by atoms with E-state index >= 15 is 0 Å². The zero-order valence-corrected chi connectivity index (χ0v) is 14.7. The van der Waals surface area contributed by atoms with Crippen molar-refractivity contribution in [2.45, 2.75) is 17.6 Å². The largest absolute Gasteiger partial charge is 0.376 e.